The van der Waals surface area contributed by atoms with Gasteiger partial charge in [-0.15, -0.1) is 0 Å². The molecule has 0 saturated heterocycles. The summed E-state index contributed by atoms with van der Waals surface area (Å²) in [4.78, 5) is 23.9. The van der Waals surface area contributed by atoms with Crippen LogP contribution in [0.3, 0.4) is 0 Å². The molecule has 0 aliphatic rings. The molecule has 0 aromatic heterocycles. The maximum Gasteiger partial charge on any atom is 0.251 e. The number of carbonyl (C=O) groups excluding carboxylic acids is 2. The lowest BCUT2D eigenvalue weighted by Crippen LogP contribution is -2.32. The summed E-state index contributed by atoms with van der Waals surface area (Å²) in [5.74, 6) is -0.431. The molecule has 0 radical (unpaired) electrons. The summed E-state index contributed by atoms with van der Waals surface area (Å²) in [6, 6.07) is 15.1. The van der Waals surface area contributed by atoms with Crippen LogP contribution in [-0.4, -0.2) is 24.9 Å². The molecular weight excluding hydrogens is 304 g/mol. The fraction of sp³-hybridized carbons (Fsp3) is 0.167. The van der Waals surface area contributed by atoms with Gasteiger partial charge in [-0.2, -0.15) is 5.26 Å². The quantitative estimate of drug-likeness (QED) is 0.787. The SMILES string of the molecule is CNC(=O)c1cccc(N[C@@H](C)C(=O)Nc2cccc(C#N)c2)c1. The number of anilines is 2. The van der Waals surface area contributed by atoms with Crippen LogP contribution in [0.25, 0.3) is 0 Å². The Hall–Kier alpha value is -3.33. The highest BCUT2D eigenvalue weighted by molar-refractivity contribution is 5.97. The third-order valence-electron chi connectivity index (χ3n) is 3.39. The van der Waals surface area contributed by atoms with Crippen LogP contribution in [-0.2, 0) is 4.79 Å². The van der Waals surface area contributed by atoms with Gasteiger partial charge in [0, 0.05) is 24.0 Å². The minimum absolute atomic E-state index is 0.191. The van der Waals surface area contributed by atoms with Gasteiger partial charge in [0.25, 0.3) is 5.91 Å². The molecule has 122 valence electrons. The molecule has 0 spiro atoms. The Morgan fingerprint density at radius 2 is 1.79 bits per heavy atom. The lowest BCUT2D eigenvalue weighted by atomic mass is 10.1. The predicted molar refractivity (Wildman–Crippen MR) is 92.7 cm³/mol. The van der Waals surface area contributed by atoms with Crippen LogP contribution in [0.5, 0.6) is 0 Å². The molecule has 3 N–H and O–H groups in total. The van der Waals surface area contributed by atoms with E-state index < -0.39 is 6.04 Å². The van der Waals surface area contributed by atoms with Crippen LogP contribution in [0.2, 0.25) is 0 Å². The highest BCUT2D eigenvalue weighted by Gasteiger charge is 2.14. The van der Waals surface area contributed by atoms with Crippen LogP contribution in [0, 0.1) is 11.3 Å². The Morgan fingerprint density at radius 3 is 2.50 bits per heavy atom. The summed E-state index contributed by atoms with van der Waals surface area (Å²) in [5, 5.41) is 17.2. The third-order valence-corrected chi connectivity index (χ3v) is 3.39. The van der Waals surface area contributed by atoms with Gasteiger partial charge in [-0.1, -0.05) is 12.1 Å². The molecule has 1 atom stereocenters. The fourth-order valence-corrected chi connectivity index (χ4v) is 2.13. The molecule has 0 saturated carbocycles. The molecule has 0 aliphatic carbocycles. The fourth-order valence-electron chi connectivity index (χ4n) is 2.13. The van der Waals surface area contributed by atoms with Crippen molar-refractivity contribution >= 4 is 23.2 Å². The van der Waals surface area contributed by atoms with E-state index in [0.29, 0.717) is 22.5 Å². The summed E-state index contributed by atoms with van der Waals surface area (Å²) in [6.07, 6.45) is 0. The first-order valence-corrected chi connectivity index (χ1v) is 7.43. The Labute approximate surface area is 140 Å². The number of hydrogen-bond acceptors (Lipinski definition) is 4. The molecule has 0 unspecified atom stereocenters. The number of nitriles is 1. The highest BCUT2D eigenvalue weighted by Crippen LogP contribution is 2.14. The maximum atomic E-state index is 12.3. The van der Waals surface area contributed by atoms with Crippen LogP contribution < -0.4 is 16.0 Å². The topological polar surface area (TPSA) is 94.0 Å². The van der Waals surface area contributed by atoms with Crippen molar-refractivity contribution in [2.75, 3.05) is 17.7 Å². The Bertz CT molecular complexity index is 796. The van der Waals surface area contributed by atoms with E-state index in [9.17, 15) is 9.59 Å². The number of nitrogens with zero attached hydrogens (tertiary/aromatic N) is 1. The van der Waals surface area contributed by atoms with E-state index in [0.717, 1.165) is 0 Å². The highest BCUT2D eigenvalue weighted by atomic mass is 16.2. The summed E-state index contributed by atoms with van der Waals surface area (Å²) in [6.45, 7) is 1.72. The van der Waals surface area contributed by atoms with E-state index in [1.165, 1.54) is 0 Å². The van der Waals surface area contributed by atoms with Crippen molar-refractivity contribution in [2.24, 2.45) is 0 Å². The van der Waals surface area contributed by atoms with Gasteiger partial charge in [0.2, 0.25) is 5.91 Å². The molecule has 24 heavy (non-hydrogen) atoms. The molecule has 2 amide bonds. The summed E-state index contributed by atoms with van der Waals surface area (Å²) >= 11 is 0. The van der Waals surface area contributed by atoms with Crippen molar-refractivity contribution in [2.45, 2.75) is 13.0 Å². The van der Waals surface area contributed by atoms with Crippen LogP contribution in [0.15, 0.2) is 48.5 Å². The Balaban J connectivity index is 2.03. The summed E-state index contributed by atoms with van der Waals surface area (Å²) in [7, 11) is 1.56. The largest absolute Gasteiger partial charge is 0.374 e. The van der Waals surface area contributed by atoms with Crippen molar-refractivity contribution in [3.63, 3.8) is 0 Å². The van der Waals surface area contributed by atoms with Crippen molar-refractivity contribution in [1.82, 2.24) is 5.32 Å². The van der Waals surface area contributed by atoms with Crippen LogP contribution in [0.4, 0.5) is 11.4 Å². The molecule has 2 aromatic rings. The average molecular weight is 322 g/mol. The molecular formula is C18H18N4O2. The smallest absolute Gasteiger partial charge is 0.251 e. The lowest BCUT2D eigenvalue weighted by Gasteiger charge is -2.16. The van der Waals surface area contributed by atoms with E-state index in [2.05, 4.69) is 16.0 Å². The number of rotatable bonds is 5. The molecule has 0 heterocycles. The number of hydrogen-bond donors (Lipinski definition) is 3. The third kappa shape index (κ3) is 4.34. The van der Waals surface area contributed by atoms with Gasteiger partial charge in [0.05, 0.1) is 11.6 Å². The number of amides is 2. The molecule has 0 fully saturated rings. The molecule has 6 nitrogen and oxygen atoms in total. The zero-order valence-electron chi connectivity index (χ0n) is 13.5. The van der Waals surface area contributed by atoms with Crippen molar-refractivity contribution in [1.29, 1.82) is 5.26 Å². The Morgan fingerprint density at radius 1 is 1.08 bits per heavy atom. The second kappa shape index (κ2) is 7.79. The zero-order valence-corrected chi connectivity index (χ0v) is 13.5. The summed E-state index contributed by atoms with van der Waals surface area (Å²) in [5.41, 5.74) is 2.22. The second-order valence-corrected chi connectivity index (χ2v) is 5.21. The van der Waals surface area contributed by atoms with Gasteiger partial charge in [0.1, 0.15) is 6.04 Å². The maximum absolute atomic E-state index is 12.3. The monoisotopic (exact) mass is 322 g/mol. The van der Waals surface area contributed by atoms with E-state index in [4.69, 9.17) is 5.26 Å². The minimum Gasteiger partial charge on any atom is -0.374 e. The van der Waals surface area contributed by atoms with E-state index in [-0.39, 0.29) is 11.8 Å². The first kappa shape index (κ1) is 17.0. The second-order valence-electron chi connectivity index (χ2n) is 5.21. The van der Waals surface area contributed by atoms with Crippen LogP contribution in [0.1, 0.15) is 22.8 Å². The first-order valence-electron chi connectivity index (χ1n) is 7.43. The minimum atomic E-state index is -0.518. The normalized spacial score (nSPS) is 11.0. The summed E-state index contributed by atoms with van der Waals surface area (Å²) < 4.78 is 0. The molecule has 0 bridgehead atoms. The van der Waals surface area contributed by atoms with E-state index in [1.54, 1.807) is 62.5 Å². The van der Waals surface area contributed by atoms with Gasteiger partial charge in [-0.05, 0) is 43.3 Å². The average Bonchev–Trinajstić information content (AvgIpc) is 2.61. The van der Waals surface area contributed by atoms with E-state index >= 15 is 0 Å². The first-order chi connectivity index (χ1) is 11.5. The van der Waals surface area contributed by atoms with Crippen molar-refractivity contribution < 1.29 is 9.59 Å². The number of benzene rings is 2. The molecule has 6 heteroatoms. The number of nitrogens with one attached hydrogen (secondary N) is 3. The van der Waals surface area contributed by atoms with Gasteiger partial charge < -0.3 is 16.0 Å². The lowest BCUT2D eigenvalue weighted by molar-refractivity contribution is -0.116. The van der Waals surface area contributed by atoms with Gasteiger partial charge in [-0.25, -0.2) is 0 Å². The van der Waals surface area contributed by atoms with E-state index in [1.807, 2.05) is 6.07 Å². The Kier molecular flexibility index (Phi) is 5.53. The van der Waals surface area contributed by atoms with Crippen LogP contribution >= 0.6 is 0 Å². The molecule has 0 aliphatic heterocycles. The predicted octanol–water partition coefficient (Wildman–Crippen LogP) is 2.36. The number of carbonyl (C=O) groups is 2. The van der Waals surface area contributed by atoms with Gasteiger partial charge >= 0.3 is 0 Å². The molecule has 2 rings (SSSR count). The zero-order chi connectivity index (χ0) is 17.5. The van der Waals surface area contributed by atoms with Gasteiger partial charge in [0.15, 0.2) is 0 Å². The van der Waals surface area contributed by atoms with Gasteiger partial charge in [-0.3, -0.25) is 9.59 Å². The van der Waals surface area contributed by atoms with Crippen molar-refractivity contribution in [3.05, 3.63) is 59.7 Å². The molecule has 2 aromatic carbocycles. The van der Waals surface area contributed by atoms with Crippen molar-refractivity contribution in [3.8, 4) is 6.07 Å². The standard InChI is InChI=1S/C18H18N4O2/c1-12(17(23)22-15-7-3-5-13(9-15)11-19)21-16-8-4-6-14(10-16)18(24)20-2/h3-10,12,21H,1-2H3,(H,20,24)(H,22,23)/t12-/m0/s1.